The van der Waals surface area contributed by atoms with Crippen LogP contribution >= 0.6 is 0 Å². The maximum Gasteiger partial charge on any atom is 0.292 e. The molecule has 0 aliphatic carbocycles. The third kappa shape index (κ3) is 3.91. The monoisotopic (exact) mass is 378 g/mol. The molecule has 2 heterocycles. The molecule has 0 unspecified atom stereocenters. The average molecular weight is 378 g/mol. The molecule has 28 heavy (non-hydrogen) atoms. The van der Waals surface area contributed by atoms with Crippen molar-refractivity contribution >= 4 is 23.0 Å². The van der Waals surface area contributed by atoms with E-state index in [2.05, 4.69) is 17.2 Å². The lowest BCUT2D eigenvalue weighted by Gasteiger charge is -2.15. The van der Waals surface area contributed by atoms with Gasteiger partial charge in [-0.25, -0.2) is 4.98 Å². The van der Waals surface area contributed by atoms with Gasteiger partial charge < -0.3 is 10.2 Å². The van der Waals surface area contributed by atoms with Crippen LogP contribution in [0.5, 0.6) is 0 Å². The smallest absolute Gasteiger partial charge is 0.292 e. The lowest BCUT2D eigenvalue weighted by atomic mass is 10.1. The first-order valence-electron chi connectivity index (χ1n) is 9.53. The molecule has 3 aromatic rings. The fourth-order valence-electron chi connectivity index (χ4n) is 3.08. The summed E-state index contributed by atoms with van der Waals surface area (Å²) in [6, 6.07) is 11.4. The van der Waals surface area contributed by atoms with Crippen molar-refractivity contribution in [1.29, 1.82) is 0 Å². The Labute approximate surface area is 165 Å². The van der Waals surface area contributed by atoms with E-state index in [-0.39, 0.29) is 17.6 Å². The number of imidazole rings is 1. The van der Waals surface area contributed by atoms with Crippen LogP contribution in [0, 0.1) is 13.8 Å². The standard InChI is InChI=1S/C22H26N4O2/c1-5-6-12-25(4)22(28)19-18-9-7-8-13-26(18)20(24-19)21(27)23-17-14-15(2)10-11-16(17)3/h7-11,13-14H,5-6,12H2,1-4H3,(H,23,27). The van der Waals surface area contributed by atoms with Crippen LogP contribution in [0.1, 0.15) is 52.0 Å². The number of carbonyl (C=O) groups excluding carboxylic acids is 2. The Balaban J connectivity index is 1.97. The van der Waals surface area contributed by atoms with Crippen LogP contribution in [0.4, 0.5) is 5.69 Å². The molecule has 6 heteroatoms. The number of benzene rings is 1. The van der Waals surface area contributed by atoms with E-state index < -0.39 is 0 Å². The molecule has 3 rings (SSSR count). The molecule has 0 aliphatic heterocycles. The number of carbonyl (C=O) groups is 2. The highest BCUT2D eigenvalue weighted by Gasteiger charge is 2.23. The highest BCUT2D eigenvalue weighted by atomic mass is 16.2. The molecule has 146 valence electrons. The molecule has 0 fully saturated rings. The number of nitrogens with one attached hydrogen (secondary N) is 1. The van der Waals surface area contributed by atoms with Gasteiger partial charge in [0, 0.05) is 25.5 Å². The predicted octanol–water partition coefficient (Wildman–Crippen LogP) is 4.08. The number of nitrogens with zero attached hydrogens (tertiary/aromatic N) is 3. The van der Waals surface area contributed by atoms with Crippen molar-refractivity contribution in [3.63, 3.8) is 0 Å². The van der Waals surface area contributed by atoms with E-state index in [1.165, 1.54) is 0 Å². The summed E-state index contributed by atoms with van der Waals surface area (Å²) in [6.45, 7) is 6.66. The van der Waals surface area contributed by atoms with Gasteiger partial charge in [0.15, 0.2) is 5.69 Å². The van der Waals surface area contributed by atoms with E-state index in [0.29, 0.717) is 17.8 Å². The van der Waals surface area contributed by atoms with Crippen molar-refractivity contribution in [3.05, 3.63) is 65.2 Å². The molecule has 2 amide bonds. The fraction of sp³-hybridized carbons (Fsp3) is 0.318. The van der Waals surface area contributed by atoms with Crippen molar-refractivity contribution < 1.29 is 9.59 Å². The molecule has 0 bridgehead atoms. The summed E-state index contributed by atoms with van der Waals surface area (Å²) in [7, 11) is 1.77. The predicted molar refractivity (Wildman–Crippen MR) is 111 cm³/mol. The highest BCUT2D eigenvalue weighted by molar-refractivity contribution is 6.06. The van der Waals surface area contributed by atoms with Crippen LogP contribution in [0.25, 0.3) is 5.52 Å². The number of unbranched alkanes of at least 4 members (excludes halogenated alkanes) is 1. The Kier molecular flexibility index (Phi) is 5.78. The fourth-order valence-corrected chi connectivity index (χ4v) is 3.08. The van der Waals surface area contributed by atoms with Crippen molar-refractivity contribution in [2.75, 3.05) is 18.9 Å². The van der Waals surface area contributed by atoms with Gasteiger partial charge in [0.1, 0.15) is 0 Å². The number of pyridine rings is 1. The van der Waals surface area contributed by atoms with Crippen LogP contribution in [-0.2, 0) is 0 Å². The summed E-state index contributed by atoms with van der Waals surface area (Å²) in [5, 5.41) is 2.93. The molecule has 0 aliphatic rings. The second kappa shape index (κ2) is 8.25. The first-order valence-corrected chi connectivity index (χ1v) is 9.53. The van der Waals surface area contributed by atoms with Crippen molar-refractivity contribution in [1.82, 2.24) is 14.3 Å². The minimum Gasteiger partial charge on any atom is -0.340 e. The number of rotatable bonds is 6. The van der Waals surface area contributed by atoms with Gasteiger partial charge in [-0.2, -0.15) is 0 Å². The molecule has 6 nitrogen and oxygen atoms in total. The molecule has 0 radical (unpaired) electrons. The van der Waals surface area contributed by atoms with Gasteiger partial charge in [-0.05, 0) is 49.6 Å². The zero-order valence-electron chi connectivity index (χ0n) is 16.8. The molecule has 0 spiro atoms. The summed E-state index contributed by atoms with van der Waals surface area (Å²) >= 11 is 0. The zero-order valence-corrected chi connectivity index (χ0v) is 16.8. The normalized spacial score (nSPS) is 10.9. The summed E-state index contributed by atoms with van der Waals surface area (Å²) in [6.07, 6.45) is 3.68. The lowest BCUT2D eigenvalue weighted by Crippen LogP contribution is -2.28. The first kappa shape index (κ1) is 19.6. The third-order valence-corrected chi connectivity index (χ3v) is 4.79. The second-order valence-electron chi connectivity index (χ2n) is 7.09. The first-order chi connectivity index (χ1) is 13.4. The number of anilines is 1. The SMILES string of the molecule is CCCCN(C)C(=O)c1nc(C(=O)Nc2cc(C)ccc2C)n2ccccc12. The molecular weight excluding hydrogens is 352 g/mol. The quantitative estimate of drug-likeness (QED) is 0.703. The third-order valence-electron chi connectivity index (χ3n) is 4.79. The van der Waals surface area contributed by atoms with Gasteiger partial charge in [0.05, 0.1) is 5.52 Å². The Morgan fingerprint density at radius 2 is 1.96 bits per heavy atom. The van der Waals surface area contributed by atoms with E-state index in [1.807, 2.05) is 50.2 Å². The van der Waals surface area contributed by atoms with E-state index >= 15 is 0 Å². The molecule has 0 saturated carbocycles. The molecule has 0 saturated heterocycles. The van der Waals surface area contributed by atoms with E-state index in [1.54, 1.807) is 22.5 Å². The van der Waals surface area contributed by atoms with Gasteiger partial charge in [-0.1, -0.05) is 31.5 Å². The number of aryl methyl sites for hydroxylation is 2. The minimum absolute atomic E-state index is 0.178. The van der Waals surface area contributed by atoms with E-state index in [9.17, 15) is 9.59 Å². The summed E-state index contributed by atoms with van der Waals surface area (Å²) < 4.78 is 1.67. The Hall–Kier alpha value is -3.15. The molecule has 1 aromatic carbocycles. The largest absolute Gasteiger partial charge is 0.340 e. The summed E-state index contributed by atoms with van der Waals surface area (Å²) in [4.78, 5) is 31.9. The van der Waals surface area contributed by atoms with Crippen LogP contribution in [0.2, 0.25) is 0 Å². The Bertz CT molecular complexity index is 1020. The summed E-state index contributed by atoms with van der Waals surface area (Å²) in [5.74, 6) is -0.322. The van der Waals surface area contributed by atoms with Crippen molar-refractivity contribution in [2.45, 2.75) is 33.6 Å². The maximum absolute atomic E-state index is 13.0. The number of aromatic nitrogens is 2. The van der Waals surface area contributed by atoms with Crippen LogP contribution in [0.15, 0.2) is 42.6 Å². The minimum atomic E-state index is -0.342. The maximum atomic E-state index is 13.0. The van der Waals surface area contributed by atoms with Crippen LogP contribution < -0.4 is 5.32 Å². The zero-order chi connectivity index (χ0) is 20.3. The van der Waals surface area contributed by atoms with Gasteiger partial charge in [0.2, 0.25) is 5.82 Å². The molecule has 2 aromatic heterocycles. The van der Waals surface area contributed by atoms with Gasteiger partial charge in [-0.3, -0.25) is 14.0 Å². The summed E-state index contributed by atoms with van der Waals surface area (Å²) in [5.41, 5.74) is 3.69. The molecule has 1 N–H and O–H groups in total. The topological polar surface area (TPSA) is 66.7 Å². The lowest BCUT2D eigenvalue weighted by molar-refractivity contribution is 0.0790. The van der Waals surface area contributed by atoms with Crippen LogP contribution in [0.3, 0.4) is 0 Å². The number of amides is 2. The average Bonchev–Trinajstić information content (AvgIpc) is 3.08. The van der Waals surface area contributed by atoms with Crippen molar-refractivity contribution in [3.8, 4) is 0 Å². The van der Waals surface area contributed by atoms with Crippen LogP contribution in [-0.4, -0.2) is 39.7 Å². The van der Waals surface area contributed by atoms with Gasteiger partial charge >= 0.3 is 0 Å². The van der Waals surface area contributed by atoms with Crippen molar-refractivity contribution in [2.24, 2.45) is 0 Å². The van der Waals surface area contributed by atoms with E-state index in [0.717, 1.165) is 29.7 Å². The Morgan fingerprint density at radius 3 is 2.71 bits per heavy atom. The Morgan fingerprint density at radius 1 is 1.18 bits per heavy atom. The van der Waals surface area contributed by atoms with E-state index in [4.69, 9.17) is 0 Å². The molecular formula is C22H26N4O2. The highest BCUT2D eigenvalue weighted by Crippen LogP contribution is 2.20. The number of hydrogen-bond acceptors (Lipinski definition) is 3. The number of hydrogen-bond donors (Lipinski definition) is 1. The molecule has 0 atom stereocenters. The number of fused-ring (bicyclic) bond motifs is 1. The van der Waals surface area contributed by atoms with Gasteiger partial charge in [-0.15, -0.1) is 0 Å². The van der Waals surface area contributed by atoms with Gasteiger partial charge in [0.25, 0.3) is 11.8 Å². The second-order valence-corrected chi connectivity index (χ2v) is 7.09.